The Kier molecular flexibility index (Phi) is 4.77. The molecule has 1 amide bonds. The van der Waals surface area contributed by atoms with Gasteiger partial charge in [0.25, 0.3) is 0 Å². The van der Waals surface area contributed by atoms with Crippen molar-refractivity contribution in [2.45, 2.75) is 32.4 Å². The Morgan fingerprint density at radius 2 is 2.16 bits per heavy atom. The van der Waals surface area contributed by atoms with E-state index in [9.17, 15) is 9.18 Å². The van der Waals surface area contributed by atoms with Crippen molar-refractivity contribution in [3.8, 4) is 0 Å². The highest BCUT2D eigenvalue weighted by Gasteiger charge is 2.22. The molecule has 0 spiro atoms. The molecule has 2 rings (SSSR count). The smallest absolute Gasteiger partial charge is 0.239 e. The molecular weight excluding hydrogens is 267 g/mol. The van der Waals surface area contributed by atoms with Crippen LogP contribution < -0.4 is 5.32 Å². The number of benzene rings is 1. The molecule has 5 heteroatoms. The Bertz CT molecular complexity index is 461. The van der Waals surface area contributed by atoms with E-state index < -0.39 is 0 Å². The Hall–Kier alpha value is -1.13. The van der Waals surface area contributed by atoms with Crippen LogP contribution in [0.5, 0.6) is 0 Å². The summed E-state index contributed by atoms with van der Waals surface area (Å²) in [5.41, 5.74) is 0.795. The molecule has 1 aromatic carbocycles. The molecule has 0 aliphatic carbocycles. The van der Waals surface area contributed by atoms with E-state index in [4.69, 9.17) is 11.6 Å². The fourth-order valence-corrected chi connectivity index (χ4v) is 2.46. The van der Waals surface area contributed by atoms with Gasteiger partial charge in [-0.15, -0.1) is 0 Å². The van der Waals surface area contributed by atoms with Crippen LogP contribution in [-0.2, 0) is 11.3 Å². The van der Waals surface area contributed by atoms with Crippen LogP contribution in [-0.4, -0.2) is 29.9 Å². The lowest BCUT2D eigenvalue weighted by Gasteiger charge is -2.21. The zero-order valence-corrected chi connectivity index (χ0v) is 11.7. The van der Waals surface area contributed by atoms with Gasteiger partial charge in [0, 0.05) is 24.7 Å². The summed E-state index contributed by atoms with van der Waals surface area (Å²) in [6.45, 7) is 4.00. The molecule has 1 aromatic rings. The molecule has 1 saturated heterocycles. The van der Waals surface area contributed by atoms with Crippen molar-refractivity contribution in [3.05, 3.63) is 34.6 Å². The van der Waals surface area contributed by atoms with E-state index >= 15 is 0 Å². The number of carbonyl (C=O) groups is 1. The Morgan fingerprint density at radius 1 is 1.47 bits per heavy atom. The second-order valence-corrected chi connectivity index (χ2v) is 5.28. The second-order valence-electron chi connectivity index (χ2n) is 4.87. The van der Waals surface area contributed by atoms with Crippen molar-refractivity contribution in [3.63, 3.8) is 0 Å². The predicted molar refractivity (Wildman–Crippen MR) is 73.5 cm³/mol. The molecule has 104 valence electrons. The van der Waals surface area contributed by atoms with Crippen LogP contribution in [0.3, 0.4) is 0 Å². The lowest BCUT2D eigenvalue weighted by atomic mass is 10.2. The molecule has 1 atom stereocenters. The quantitative estimate of drug-likeness (QED) is 0.922. The number of likely N-dealkylation sites (tertiary alicyclic amines) is 1. The third-order valence-electron chi connectivity index (χ3n) is 3.40. The van der Waals surface area contributed by atoms with Crippen molar-refractivity contribution in [1.29, 1.82) is 0 Å². The maximum atomic E-state index is 12.9. The minimum absolute atomic E-state index is 0.121. The Morgan fingerprint density at radius 3 is 2.79 bits per heavy atom. The van der Waals surface area contributed by atoms with E-state index in [1.54, 1.807) is 6.07 Å². The summed E-state index contributed by atoms with van der Waals surface area (Å²) < 4.78 is 12.9. The average Bonchev–Trinajstić information content (AvgIpc) is 2.90. The van der Waals surface area contributed by atoms with Crippen LogP contribution in [0.25, 0.3) is 0 Å². The van der Waals surface area contributed by atoms with Gasteiger partial charge in [-0.2, -0.15) is 0 Å². The number of nitrogens with zero attached hydrogens (tertiary/aromatic N) is 1. The number of halogens is 2. The lowest BCUT2D eigenvalue weighted by molar-refractivity contribution is -0.131. The highest BCUT2D eigenvalue weighted by molar-refractivity contribution is 6.31. The van der Waals surface area contributed by atoms with Crippen LogP contribution in [0.4, 0.5) is 4.39 Å². The van der Waals surface area contributed by atoms with Gasteiger partial charge in [-0.05, 0) is 37.5 Å². The van der Waals surface area contributed by atoms with E-state index in [-0.39, 0.29) is 17.8 Å². The Labute approximate surface area is 117 Å². The number of hydrogen-bond donors (Lipinski definition) is 1. The first kappa shape index (κ1) is 14.3. The van der Waals surface area contributed by atoms with Crippen molar-refractivity contribution in [2.24, 2.45) is 0 Å². The van der Waals surface area contributed by atoms with Gasteiger partial charge in [0.15, 0.2) is 0 Å². The highest BCUT2D eigenvalue weighted by atomic mass is 35.5. The maximum Gasteiger partial charge on any atom is 0.239 e. The van der Waals surface area contributed by atoms with Gasteiger partial charge >= 0.3 is 0 Å². The van der Waals surface area contributed by atoms with Crippen molar-refractivity contribution < 1.29 is 9.18 Å². The molecule has 1 heterocycles. The van der Waals surface area contributed by atoms with Gasteiger partial charge in [0.1, 0.15) is 5.82 Å². The molecule has 1 N–H and O–H groups in total. The Balaban J connectivity index is 1.88. The minimum Gasteiger partial charge on any atom is -0.341 e. The zero-order valence-electron chi connectivity index (χ0n) is 11.0. The van der Waals surface area contributed by atoms with Crippen LogP contribution in [0.1, 0.15) is 25.3 Å². The summed E-state index contributed by atoms with van der Waals surface area (Å²) in [4.78, 5) is 14.0. The van der Waals surface area contributed by atoms with Crippen molar-refractivity contribution in [1.82, 2.24) is 10.2 Å². The van der Waals surface area contributed by atoms with E-state index in [1.165, 1.54) is 12.1 Å². The van der Waals surface area contributed by atoms with Crippen molar-refractivity contribution in [2.75, 3.05) is 13.1 Å². The molecule has 3 nitrogen and oxygen atoms in total. The number of rotatable bonds is 4. The molecule has 0 saturated carbocycles. The minimum atomic E-state index is -0.352. The second kappa shape index (κ2) is 6.35. The highest BCUT2D eigenvalue weighted by Crippen LogP contribution is 2.17. The molecule has 1 aliphatic heterocycles. The van der Waals surface area contributed by atoms with Crippen LogP contribution in [0.2, 0.25) is 5.02 Å². The molecule has 0 aromatic heterocycles. The van der Waals surface area contributed by atoms with Crippen molar-refractivity contribution >= 4 is 17.5 Å². The van der Waals surface area contributed by atoms with Crippen LogP contribution in [0, 0.1) is 5.82 Å². The fraction of sp³-hybridized carbons (Fsp3) is 0.500. The number of amides is 1. The van der Waals surface area contributed by atoms with E-state index in [2.05, 4.69) is 5.32 Å². The summed E-state index contributed by atoms with van der Waals surface area (Å²) in [5, 5.41) is 3.52. The summed E-state index contributed by atoms with van der Waals surface area (Å²) in [5.74, 6) is -0.231. The SMILES string of the molecule is CC(NCc1ccc(F)cc1Cl)C(=O)N1CCCC1. The predicted octanol–water partition coefficient (Wildman–Crippen LogP) is 2.58. The molecular formula is C14H18ClFN2O. The van der Waals surface area contributed by atoms with Gasteiger partial charge in [-0.1, -0.05) is 17.7 Å². The van der Waals surface area contributed by atoms with Gasteiger partial charge in [-0.3, -0.25) is 4.79 Å². The molecule has 1 fully saturated rings. The molecule has 1 unspecified atom stereocenters. The normalized spacial score (nSPS) is 16.7. The summed E-state index contributed by atoms with van der Waals surface area (Å²) in [6, 6.07) is 4.04. The van der Waals surface area contributed by atoms with Gasteiger partial charge in [0.05, 0.1) is 6.04 Å². The first-order valence-electron chi connectivity index (χ1n) is 6.54. The van der Waals surface area contributed by atoms with E-state index in [0.29, 0.717) is 11.6 Å². The maximum absolute atomic E-state index is 12.9. The standard InChI is InChI=1S/C14H18ClFN2O/c1-10(14(19)18-6-2-3-7-18)17-9-11-4-5-12(16)8-13(11)15/h4-5,8,10,17H,2-3,6-7,9H2,1H3. The van der Waals surface area contributed by atoms with Crippen LogP contribution in [0.15, 0.2) is 18.2 Å². The van der Waals surface area contributed by atoms with Gasteiger partial charge in [-0.25, -0.2) is 4.39 Å². The van der Waals surface area contributed by atoms with E-state index in [1.807, 2.05) is 11.8 Å². The third-order valence-corrected chi connectivity index (χ3v) is 3.75. The molecule has 0 bridgehead atoms. The molecule has 19 heavy (non-hydrogen) atoms. The zero-order chi connectivity index (χ0) is 13.8. The first-order chi connectivity index (χ1) is 9.08. The summed E-state index contributed by atoms with van der Waals surface area (Å²) >= 11 is 5.94. The number of carbonyl (C=O) groups excluding carboxylic acids is 1. The number of hydrogen-bond acceptors (Lipinski definition) is 2. The van der Waals surface area contributed by atoms with Crippen LogP contribution >= 0.6 is 11.6 Å². The average molecular weight is 285 g/mol. The summed E-state index contributed by atoms with van der Waals surface area (Å²) in [6.07, 6.45) is 2.17. The monoisotopic (exact) mass is 284 g/mol. The summed E-state index contributed by atoms with van der Waals surface area (Å²) in [7, 11) is 0. The molecule has 1 aliphatic rings. The topological polar surface area (TPSA) is 32.3 Å². The van der Waals surface area contributed by atoms with E-state index in [0.717, 1.165) is 31.5 Å². The lowest BCUT2D eigenvalue weighted by Crippen LogP contribution is -2.43. The first-order valence-corrected chi connectivity index (χ1v) is 6.92. The molecule has 0 radical (unpaired) electrons. The van der Waals surface area contributed by atoms with Gasteiger partial charge < -0.3 is 10.2 Å². The third kappa shape index (κ3) is 3.67. The number of nitrogens with one attached hydrogen (secondary N) is 1. The fourth-order valence-electron chi connectivity index (χ4n) is 2.23. The largest absolute Gasteiger partial charge is 0.341 e. The van der Waals surface area contributed by atoms with Gasteiger partial charge in [0.2, 0.25) is 5.91 Å².